The predicted molar refractivity (Wildman–Crippen MR) is 83.0 cm³/mol. The Morgan fingerprint density at radius 2 is 2.05 bits per heavy atom. The molecule has 19 heavy (non-hydrogen) atoms. The number of rotatable bonds is 2. The van der Waals surface area contributed by atoms with Crippen molar-refractivity contribution in [1.29, 1.82) is 0 Å². The van der Waals surface area contributed by atoms with Gasteiger partial charge in [-0.2, -0.15) is 0 Å². The maximum Gasteiger partial charge on any atom is 0.0960 e. The standard InChI is InChI=1S/C16H18ClNS/c1-10-8-14(19-16(10)17)15(18)13-7-6-11-4-2-3-5-12(11)9-13/h2-5,8,13,15H,6-7,9,18H2,1H3. The average Bonchev–Trinajstić information content (AvgIpc) is 2.77. The molecule has 0 fully saturated rings. The molecule has 3 rings (SSSR count). The number of aryl methyl sites for hydroxylation is 2. The third-order valence-corrected chi connectivity index (χ3v) is 5.75. The summed E-state index contributed by atoms with van der Waals surface area (Å²) in [6, 6.07) is 11.0. The van der Waals surface area contributed by atoms with Crippen molar-refractivity contribution in [2.45, 2.75) is 32.2 Å². The monoisotopic (exact) mass is 291 g/mol. The van der Waals surface area contributed by atoms with Crippen LogP contribution in [0.4, 0.5) is 0 Å². The molecule has 0 spiro atoms. The second kappa shape index (κ2) is 5.28. The first-order chi connectivity index (χ1) is 9.15. The van der Waals surface area contributed by atoms with Crippen LogP contribution in [-0.2, 0) is 12.8 Å². The molecule has 1 aliphatic rings. The Balaban J connectivity index is 1.81. The number of hydrogen-bond acceptors (Lipinski definition) is 2. The molecule has 0 amide bonds. The van der Waals surface area contributed by atoms with Gasteiger partial charge >= 0.3 is 0 Å². The van der Waals surface area contributed by atoms with Crippen molar-refractivity contribution in [1.82, 2.24) is 0 Å². The summed E-state index contributed by atoms with van der Waals surface area (Å²) >= 11 is 7.79. The Morgan fingerprint density at radius 1 is 1.32 bits per heavy atom. The molecule has 1 nitrogen and oxygen atoms in total. The molecular weight excluding hydrogens is 274 g/mol. The van der Waals surface area contributed by atoms with Gasteiger partial charge < -0.3 is 5.73 Å². The zero-order valence-corrected chi connectivity index (χ0v) is 12.6. The highest BCUT2D eigenvalue weighted by molar-refractivity contribution is 7.16. The molecule has 1 heterocycles. The van der Waals surface area contributed by atoms with Crippen molar-refractivity contribution in [3.63, 3.8) is 0 Å². The van der Waals surface area contributed by atoms with E-state index in [1.807, 2.05) is 6.92 Å². The van der Waals surface area contributed by atoms with Gasteiger partial charge in [-0.1, -0.05) is 35.9 Å². The second-order valence-electron chi connectivity index (χ2n) is 5.40. The van der Waals surface area contributed by atoms with Crippen LogP contribution in [0.1, 0.15) is 34.0 Å². The Hall–Kier alpha value is -0.830. The van der Waals surface area contributed by atoms with E-state index in [0.29, 0.717) is 5.92 Å². The molecule has 0 saturated heterocycles. The van der Waals surface area contributed by atoms with Crippen LogP contribution < -0.4 is 5.73 Å². The molecular formula is C16H18ClNS. The van der Waals surface area contributed by atoms with E-state index < -0.39 is 0 Å². The Labute approximate surface area is 123 Å². The number of fused-ring (bicyclic) bond motifs is 1. The van der Waals surface area contributed by atoms with E-state index in [1.54, 1.807) is 11.3 Å². The highest BCUT2D eigenvalue weighted by Crippen LogP contribution is 2.37. The minimum absolute atomic E-state index is 0.115. The van der Waals surface area contributed by atoms with Crippen molar-refractivity contribution >= 4 is 22.9 Å². The first kappa shape index (κ1) is 13.2. The zero-order chi connectivity index (χ0) is 13.4. The number of benzene rings is 1. The largest absolute Gasteiger partial charge is 0.323 e. The topological polar surface area (TPSA) is 26.0 Å². The average molecular weight is 292 g/mol. The fourth-order valence-electron chi connectivity index (χ4n) is 2.91. The van der Waals surface area contributed by atoms with E-state index in [9.17, 15) is 0 Å². The van der Waals surface area contributed by atoms with Crippen LogP contribution in [0.25, 0.3) is 0 Å². The molecule has 0 saturated carbocycles. The molecule has 0 bridgehead atoms. The van der Waals surface area contributed by atoms with E-state index in [0.717, 1.165) is 22.7 Å². The zero-order valence-electron chi connectivity index (χ0n) is 11.0. The van der Waals surface area contributed by atoms with Gasteiger partial charge in [-0.3, -0.25) is 0 Å². The number of thiophene rings is 1. The minimum atomic E-state index is 0.115. The van der Waals surface area contributed by atoms with E-state index in [4.69, 9.17) is 17.3 Å². The summed E-state index contributed by atoms with van der Waals surface area (Å²) in [5, 5.41) is 0. The molecule has 2 aromatic rings. The lowest BCUT2D eigenvalue weighted by Crippen LogP contribution is -2.26. The van der Waals surface area contributed by atoms with E-state index >= 15 is 0 Å². The Kier molecular flexibility index (Phi) is 3.66. The highest BCUT2D eigenvalue weighted by atomic mass is 35.5. The third-order valence-electron chi connectivity index (χ3n) is 4.10. The normalized spacial score (nSPS) is 20.1. The van der Waals surface area contributed by atoms with Gasteiger partial charge in [0.2, 0.25) is 0 Å². The van der Waals surface area contributed by atoms with Crippen molar-refractivity contribution < 1.29 is 0 Å². The smallest absolute Gasteiger partial charge is 0.0960 e. The van der Waals surface area contributed by atoms with Crippen molar-refractivity contribution in [3.05, 3.63) is 56.2 Å². The maximum absolute atomic E-state index is 6.46. The quantitative estimate of drug-likeness (QED) is 0.865. The number of hydrogen-bond donors (Lipinski definition) is 1. The minimum Gasteiger partial charge on any atom is -0.323 e. The molecule has 1 aromatic heterocycles. The SMILES string of the molecule is Cc1cc(C(N)C2CCc3ccccc3C2)sc1Cl. The Morgan fingerprint density at radius 3 is 2.74 bits per heavy atom. The summed E-state index contributed by atoms with van der Waals surface area (Å²) in [6.45, 7) is 2.05. The summed E-state index contributed by atoms with van der Waals surface area (Å²) < 4.78 is 0.877. The van der Waals surface area contributed by atoms with Crippen molar-refractivity contribution in [3.8, 4) is 0 Å². The second-order valence-corrected chi connectivity index (χ2v) is 7.09. The summed E-state index contributed by atoms with van der Waals surface area (Å²) in [6.07, 6.45) is 3.41. The summed E-state index contributed by atoms with van der Waals surface area (Å²) in [7, 11) is 0. The number of nitrogens with two attached hydrogens (primary N) is 1. The fraction of sp³-hybridized carbons (Fsp3) is 0.375. The molecule has 2 N–H and O–H groups in total. The van der Waals surface area contributed by atoms with Crippen LogP contribution in [0.2, 0.25) is 4.34 Å². The highest BCUT2D eigenvalue weighted by Gasteiger charge is 2.26. The Bertz CT molecular complexity index is 571. The van der Waals surface area contributed by atoms with Gasteiger partial charge in [0.25, 0.3) is 0 Å². The van der Waals surface area contributed by atoms with Crippen LogP contribution in [0.5, 0.6) is 0 Å². The van der Waals surface area contributed by atoms with Gasteiger partial charge in [-0.25, -0.2) is 0 Å². The van der Waals surface area contributed by atoms with Gasteiger partial charge in [0.15, 0.2) is 0 Å². The first-order valence-electron chi connectivity index (χ1n) is 6.73. The molecule has 2 atom stereocenters. The van der Waals surface area contributed by atoms with Crippen LogP contribution in [0.3, 0.4) is 0 Å². The number of halogens is 1. The molecule has 2 unspecified atom stereocenters. The van der Waals surface area contributed by atoms with Crippen LogP contribution in [-0.4, -0.2) is 0 Å². The summed E-state index contributed by atoms with van der Waals surface area (Å²) in [5.41, 5.74) is 10.6. The van der Waals surface area contributed by atoms with E-state index in [2.05, 4.69) is 30.3 Å². The third kappa shape index (κ3) is 2.58. The molecule has 1 aromatic carbocycles. The lowest BCUT2D eigenvalue weighted by molar-refractivity contribution is 0.386. The van der Waals surface area contributed by atoms with Crippen LogP contribution >= 0.6 is 22.9 Å². The van der Waals surface area contributed by atoms with Gasteiger partial charge in [-0.05, 0) is 54.9 Å². The molecule has 0 aliphatic heterocycles. The van der Waals surface area contributed by atoms with Gasteiger partial charge in [0.05, 0.1) is 4.34 Å². The fourth-order valence-corrected chi connectivity index (χ4v) is 4.23. The first-order valence-corrected chi connectivity index (χ1v) is 7.93. The summed E-state index contributed by atoms with van der Waals surface area (Å²) in [5.74, 6) is 0.531. The van der Waals surface area contributed by atoms with Crippen LogP contribution in [0.15, 0.2) is 30.3 Å². The lowest BCUT2D eigenvalue weighted by atomic mass is 9.80. The van der Waals surface area contributed by atoms with E-state index in [1.165, 1.54) is 22.4 Å². The molecule has 3 heteroatoms. The van der Waals surface area contributed by atoms with Gasteiger partial charge in [0.1, 0.15) is 0 Å². The lowest BCUT2D eigenvalue weighted by Gasteiger charge is -2.28. The van der Waals surface area contributed by atoms with Crippen LogP contribution in [0, 0.1) is 12.8 Å². The van der Waals surface area contributed by atoms with Gasteiger partial charge in [0, 0.05) is 10.9 Å². The van der Waals surface area contributed by atoms with Crippen molar-refractivity contribution in [2.24, 2.45) is 11.7 Å². The maximum atomic E-state index is 6.46. The molecule has 0 radical (unpaired) electrons. The molecule has 1 aliphatic carbocycles. The van der Waals surface area contributed by atoms with Gasteiger partial charge in [-0.15, -0.1) is 11.3 Å². The van der Waals surface area contributed by atoms with Crippen molar-refractivity contribution in [2.75, 3.05) is 0 Å². The van der Waals surface area contributed by atoms with E-state index in [-0.39, 0.29) is 6.04 Å². The summed E-state index contributed by atoms with van der Waals surface area (Å²) in [4.78, 5) is 1.23. The predicted octanol–water partition coefficient (Wildman–Crippen LogP) is 4.51. The molecule has 100 valence electrons.